The van der Waals surface area contributed by atoms with Gasteiger partial charge in [0, 0.05) is 17.9 Å². The lowest BCUT2D eigenvalue weighted by atomic mass is 9.93. The first kappa shape index (κ1) is 28.0. The standard InChI is InChI=1S/C28H29F2N3O3S/c1-18(2)16-26(28(34)32-15-14-31)33-27(24-13-10-22(29)17-25(24)30)21-6-4-19(5-7-21)20-8-11-23(12-9-20)37(3,35)36/h4-13,17-18,26-27,33H,15-16H2,1-3H3,(H,32,34)/t26?,27-/m0/s1. The summed E-state index contributed by atoms with van der Waals surface area (Å²) in [6, 6.07) is 17.3. The van der Waals surface area contributed by atoms with Crippen LogP contribution in [-0.4, -0.2) is 33.2 Å². The fourth-order valence-electron chi connectivity index (χ4n) is 4.04. The van der Waals surface area contributed by atoms with Crippen molar-refractivity contribution < 1.29 is 22.0 Å². The minimum atomic E-state index is -3.31. The largest absolute Gasteiger partial charge is 0.342 e. The van der Waals surface area contributed by atoms with Gasteiger partial charge in [0.2, 0.25) is 5.91 Å². The molecular formula is C28H29F2N3O3S. The predicted molar refractivity (Wildman–Crippen MR) is 138 cm³/mol. The zero-order valence-electron chi connectivity index (χ0n) is 20.8. The maximum atomic E-state index is 14.9. The summed E-state index contributed by atoms with van der Waals surface area (Å²) in [6.07, 6.45) is 1.58. The lowest BCUT2D eigenvalue weighted by molar-refractivity contribution is -0.123. The van der Waals surface area contributed by atoms with Gasteiger partial charge in [-0.05, 0) is 47.2 Å². The van der Waals surface area contributed by atoms with Gasteiger partial charge >= 0.3 is 0 Å². The van der Waals surface area contributed by atoms with E-state index in [0.717, 1.165) is 29.5 Å². The number of sulfone groups is 1. The summed E-state index contributed by atoms with van der Waals surface area (Å²) in [5.41, 5.74) is 2.43. The molecular weight excluding hydrogens is 496 g/mol. The maximum absolute atomic E-state index is 14.9. The Morgan fingerprint density at radius 2 is 1.57 bits per heavy atom. The van der Waals surface area contributed by atoms with Gasteiger partial charge in [0.1, 0.15) is 18.2 Å². The molecule has 0 saturated heterocycles. The second-order valence-electron chi connectivity index (χ2n) is 9.24. The van der Waals surface area contributed by atoms with Gasteiger partial charge < -0.3 is 5.32 Å². The lowest BCUT2D eigenvalue weighted by Gasteiger charge is -2.27. The molecule has 0 aliphatic heterocycles. The SMILES string of the molecule is CC(C)CC(N[C@@H](c1ccc(-c2ccc(S(C)(=O)=O)cc2)cc1)c1ccc(F)cc1F)C(=O)NCC#N. The topological polar surface area (TPSA) is 99.1 Å². The number of hydrogen-bond acceptors (Lipinski definition) is 5. The summed E-state index contributed by atoms with van der Waals surface area (Å²) in [6.45, 7) is 3.74. The number of amides is 1. The Bertz CT molecular complexity index is 1380. The molecule has 0 bridgehead atoms. The monoisotopic (exact) mass is 525 g/mol. The van der Waals surface area contributed by atoms with Crippen molar-refractivity contribution in [2.24, 2.45) is 5.92 Å². The molecule has 0 radical (unpaired) electrons. The van der Waals surface area contributed by atoms with Crippen LogP contribution in [0.1, 0.15) is 37.4 Å². The highest BCUT2D eigenvalue weighted by molar-refractivity contribution is 7.90. The van der Waals surface area contributed by atoms with Gasteiger partial charge in [0.25, 0.3) is 0 Å². The van der Waals surface area contributed by atoms with Crippen molar-refractivity contribution in [2.75, 3.05) is 12.8 Å². The minimum Gasteiger partial charge on any atom is -0.342 e. The molecule has 2 atom stereocenters. The van der Waals surface area contributed by atoms with Crippen LogP contribution >= 0.6 is 0 Å². The Morgan fingerprint density at radius 1 is 0.973 bits per heavy atom. The highest BCUT2D eigenvalue weighted by atomic mass is 32.2. The first-order chi connectivity index (χ1) is 17.5. The van der Waals surface area contributed by atoms with E-state index in [4.69, 9.17) is 5.26 Å². The van der Waals surface area contributed by atoms with E-state index in [9.17, 15) is 22.0 Å². The Balaban J connectivity index is 1.98. The van der Waals surface area contributed by atoms with Crippen molar-refractivity contribution in [3.8, 4) is 17.2 Å². The second-order valence-corrected chi connectivity index (χ2v) is 11.3. The number of nitrogens with one attached hydrogen (secondary N) is 2. The number of nitrogens with zero attached hydrogens (tertiary/aromatic N) is 1. The number of benzene rings is 3. The summed E-state index contributed by atoms with van der Waals surface area (Å²) in [7, 11) is -3.31. The van der Waals surface area contributed by atoms with Gasteiger partial charge in [0.15, 0.2) is 9.84 Å². The Kier molecular flexibility index (Phi) is 9.14. The Labute approximate surface area is 216 Å². The zero-order chi connectivity index (χ0) is 27.2. The quantitative estimate of drug-likeness (QED) is 0.372. The number of carbonyl (C=O) groups excluding carboxylic acids is 1. The van der Waals surface area contributed by atoms with Crippen molar-refractivity contribution >= 4 is 15.7 Å². The zero-order valence-corrected chi connectivity index (χ0v) is 21.6. The van der Waals surface area contributed by atoms with Crippen molar-refractivity contribution in [1.82, 2.24) is 10.6 Å². The van der Waals surface area contributed by atoms with Gasteiger partial charge in [-0.2, -0.15) is 5.26 Å². The third-order valence-electron chi connectivity index (χ3n) is 5.87. The number of hydrogen-bond donors (Lipinski definition) is 2. The van der Waals surface area contributed by atoms with E-state index in [2.05, 4.69) is 10.6 Å². The average molecular weight is 526 g/mol. The van der Waals surface area contributed by atoms with Crippen molar-refractivity contribution in [3.05, 3.63) is 89.5 Å². The predicted octanol–water partition coefficient (Wildman–Crippen LogP) is 4.77. The van der Waals surface area contributed by atoms with Crippen molar-refractivity contribution in [1.29, 1.82) is 5.26 Å². The molecule has 0 aliphatic rings. The van der Waals surface area contributed by atoms with E-state index >= 15 is 0 Å². The van der Waals surface area contributed by atoms with E-state index in [0.29, 0.717) is 12.0 Å². The number of nitriles is 1. The lowest BCUT2D eigenvalue weighted by Crippen LogP contribution is -2.46. The maximum Gasteiger partial charge on any atom is 0.237 e. The molecule has 37 heavy (non-hydrogen) atoms. The van der Waals surface area contributed by atoms with Gasteiger partial charge in [-0.25, -0.2) is 17.2 Å². The molecule has 194 valence electrons. The summed E-state index contributed by atoms with van der Waals surface area (Å²) in [5, 5.41) is 14.6. The van der Waals surface area contributed by atoms with Crippen molar-refractivity contribution in [3.63, 3.8) is 0 Å². The molecule has 3 aromatic carbocycles. The normalized spacial score (nSPS) is 13.1. The van der Waals surface area contributed by atoms with Gasteiger partial charge in [-0.3, -0.25) is 10.1 Å². The molecule has 2 N–H and O–H groups in total. The molecule has 1 unspecified atom stereocenters. The van der Waals surface area contributed by atoms with Crippen LogP contribution in [0, 0.1) is 28.9 Å². The Morgan fingerprint density at radius 3 is 2.08 bits per heavy atom. The van der Waals surface area contributed by atoms with Crippen LogP contribution in [0.15, 0.2) is 71.6 Å². The highest BCUT2D eigenvalue weighted by Gasteiger charge is 2.27. The van der Waals surface area contributed by atoms with Gasteiger partial charge in [0.05, 0.1) is 23.0 Å². The molecule has 3 rings (SSSR count). The fourth-order valence-corrected chi connectivity index (χ4v) is 4.67. The molecule has 0 aromatic heterocycles. The van der Waals surface area contributed by atoms with Crippen LogP contribution in [0.5, 0.6) is 0 Å². The van der Waals surface area contributed by atoms with E-state index in [-0.39, 0.29) is 28.8 Å². The Hall–Kier alpha value is -3.61. The number of halogens is 2. The molecule has 0 saturated carbocycles. The minimum absolute atomic E-state index is 0.126. The summed E-state index contributed by atoms with van der Waals surface area (Å²) in [5.74, 6) is -1.72. The van der Waals surface area contributed by atoms with Crippen LogP contribution in [-0.2, 0) is 14.6 Å². The highest BCUT2D eigenvalue weighted by Crippen LogP contribution is 2.29. The average Bonchev–Trinajstić information content (AvgIpc) is 2.85. The molecule has 6 nitrogen and oxygen atoms in total. The molecule has 3 aromatic rings. The summed E-state index contributed by atoms with van der Waals surface area (Å²) >= 11 is 0. The van der Waals surface area contributed by atoms with E-state index in [1.165, 1.54) is 18.2 Å². The van der Waals surface area contributed by atoms with E-state index < -0.39 is 33.6 Å². The van der Waals surface area contributed by atoms with Crippen LogP contribution in [0.25, 0.3) is 11.1 Å². The number of carbonyl (C=O) groups is 1. The van der Waals surface area contributed by atoms with Crippen LogP contribution in [0.4, 0.5) is 8.78 Å². The molecule has 9 heteroatoms. The first-order valence-electron chi connectivity index (χ1n) is 11.8. The third-order valence-corrected chi connectivity index (χ3v) is 6.99. The number of rotatable bonds is 10. The first-order valence-corrected chi connectivity index (χ1v) is 13.6. The van der Waals surface area contributed by atoms with Gasteiger partial charge in [-0.1, -0.05) is 56.3 Å². The molecule has 1 amide bonds. The third kappa shape index (κ3) is 7.44. The molecule has 0 spiro atoms. The summed E-state index contributed by atoms with van der Waals surface area (Å²) < 4.78 is 52.1. The molecule has 0 aliphatic carbocycles. The van der Waals surface area contributed by atoms with E-state index in [1.54, 1.807) is 24.3 Å². The molecule has 0 fully saturated rings. The van der Waals surface area contributed by atoms with Gasteiger partial charge in [-0.15, -0.1) is 0 Å². The summed E-state index contributed by atoms with van der Waals surface area (Å²) in [4.78, 5) is 13.0. The van der Waals surface area contributed by atoms with Crippen molar-refractivity contribution in [2.45, 2.75) is 37.2 Å². The fraction of sp³-hybridized carbons (Fsp3) is 0.286. The molecule has 0 heterocycles. The second kappa shape index (κ2) is 12.1. The van der Waals surface area contributed by atoms with Crippen LogP contribution < -0.4 is 10.6 Å². The van der Waals surface area contributed by atoms with E-state index in [1.807, 2.05) is 32.0 Å². The smallest absolute Gasteiger partial charge is 0.237 e. The van der Waals surface area contributed by atoms with Crippen LogP contribution in [0.3, 0.4) is 0 Å². The van der Waals surface area contributed by atoms with Crippen LogP contribution in [0.2, 0.25) is 0 Å².